The zero-order chi connectivity index (χ0) is 12.3. The van der Waals surface area contributed by atoms with Gasteiger partial charge in [0.15, 0.2) is 0 Å². The Kier molecular flexibility index (Phi) is 3.84. The Labute approximate surface area is 102 Å². The third-order valence-corrected chi connectivity index (χ3v) is 3.52. The quantitative estimate of drug-likeness (QED) is 0.836. The molecule has 1 fully saturated rings. The molecule has 2 heterocycles. The third kappa shape index (κ3) is 2.52. The molecule has 2 rings (SSSR count). The molecular weight excluding hydrogens is 216 g/mol. The van der Waals surface area contributed by atoms with Gasteiger partial charge in [0.05, 0.1) is 5.56 Å². The lowest BCUT2D eigenvalue weighted by Crippen LogP contribution is -2.35. The van der Waals surface area contributed by atoms with E-state index in [0.717, 1.165) is 43.5 Å². The largest absolute Gasteiger partial charge is 0.396 e. The van der Waals surface area contributed by atoms with Crippen LogP contribution in [0.15, 0.2) is 12.3 Å². The van der Waals surface area contributed by atoms with Crippen molar-refractivity contribution in [1.82, 2.24) is 9.88 Å². The van der Waals surface area contributed by atoms with Crippen molar-refractivity contribution in [3.8, 4) is 0 Å². The number of aromatic amines is 1. The highest BCUT2D eigenvalue weighted by Crippen LogP contribution is 2.24. The number of H-pyrrole nitrogens is 1. The lowest BCUT2D eigenvalue weighted by Gasteiger charge is -2.24. The highest BCUT2D eigenvalue weighted by molar-refractivity contribution is 5.95. The van der Waals surface area contributed by atoms with E-state index in [4.69, 9.17) is 5.11 Å². The Morgan fingerprint density at radius 2 is 2.47 bits per heavy atom. The topological polar surface area (TPSA) is 56.3 Å². The van der Waals surface area contributed by atoms with Gasteiger partial charge in [0.1, 0.15) is 0 Å². The predicted octanol–water partition coefficient (Wildman–Crippen LogP) is 1.70. The van der Waals surface area contributed by atoms with Gasteiger partial charge in [-0.05, 0) is 38.7 Å². The molecule has 1 aromatic rings. The number of rotatable bonds is 4. The molecule has 4 heteroatoms. The molecular formula is C13H20N2O2. The highest BCUT2D eigenvalue weighted by Gasteiger charge is 2.29. The molecule has 1 aliphatic rings. The van der Waals surface area contributed by atoms with E-state index in [-0.39, 0.29) is 12.5 Å². The van der Waals surface area contributed by atoms with E-state index >= 15 is 0 Å². The monoisotopic (exact) mass is 236 g/mol. The SMILES string of the molecule is Cc1[nH]ccc1C(=O)N1CCCC1CCCO. The zero-order valence-corrected chi connectivity index (χ0v) is 10.3. The summed E-state index contributed by atoms with van der Waals surface area (Å²) in [5.41, 5.74) is 1.71. The van der Waals surface area contributed by atoms with Crippen LogP contribution in [0.3, 0.4) is 0 Å². The zero-order valence-electron chi connectivity index (χ0n) is 10.3. The molecule has 1 aliphatic heterocycles. The van der Waals surface area contributed by atoms with Crippen molar-refractivity contribution in [3.63, 3.8) is 0 Å². The molecule has 0 saturated carbocycles. The molecule has 4 nitrogen and oxygen atoms in total. The number of aliphatic hydroxyl groups is 1. The van der Waals surface area contributed by atoms with E-state index < -0.39 is 0 Å². The lowest BCUT2D eigenvalue weighted by atomic mass is 10.1. The molecule has 0 aromatic carbocycles. The van der Waals surface area contributed by atoms with E-state index in [1.165, 1.54) is 0 Å². The third-order valence-electron chi connectivity index (χ3n) is 3.52. The van der Waals surface area contributed by atoms with Crippen LogP contribution in [0.4, 0.5) is 0 Å². The van der Waals surface area contributed by atoms with Crippen molar-refractivity contribution in [2.24, 2.45) is 0 Å². The standard InChI is InChI=1S/C13H20N2O2/c1-10-12(6-7-14-10)13(17)15-8-2-4-11(15)5-3-9-16/h6-7,11,14,16H,2-5,8-9H2,1H3. The van der Waals surface area contributed by atoms with Gasteiger partial charge >= 0.3 is 0 Å². The summed E-state index contributed by atoms with van der Waals surface area (Å²) in [5, 5.41) is 8.87. The first kappa shape index (κ1) is 12.2. The van der Waals surface area contributed by atoms with Gasteiger partial charge in [-0.2, -0.15) is 0 Å². The summed E-state index contributed by atoms with van der Waals surface area (Å²) < 4.78 is 0. The van der Waals surface area contributed by atoms with Crippen LogP contribution in [0.5, 0.6) is 0 Å². The molecule has 1 aromatic heterocycles. The van der Waals surface area contributed by atoms with E-state index in [1.807, 2.05) is 17.9 Å². The summed E-state index contributed by atoms with van der Waals surface area (Å²) in [6, 6.07) is 2.16. The first-order valence-electron chi connectivity index (χ1n) is 6.30. The minimum Gasteiger partial charge on any atom is -0.396 e. The second-order valence-corrected chi connectivity index (χ2v) is 4.68. The predicted molar refractivity (Wildman–Crippen MR) is 65.9 cm³/mol. The summed E-state index contributed by atoms with van der Waals surface area (Å²) in [6.07, 6.45) is 5.63. The minimum atomic E-state index is 0.129. The number of amides is 1. The Balaban J connectivity index is 2.06. The van der Waals surface area contributed by atoms with Gasteiger partial charge in [0, 0.05) is 31.1 Å². The fraction of sp³-hybridized carbons (Fsp3) is 0.615. The van der Waals surface area contributed by atoms with Crippen molar-refractivity contribution in [1.29, 1.82) is 0 Å². The number of likely N-dealkylation sites (tertiary alicyclic amines) is 1. The summed E-state index contributed by atoms with van der Waals surface area (Å²) in [5.74, 6) is 0.129. The van der Waals surface area contributed by atoms with Crippen LogP contribution >= 0.6 is 0 Å². The van der Waals surface area contributed by atoms with Gasteiger partial charge in [-0.15, -0.1) is 0 Å². The first-order valence-corrected chi connectivity index (χ1v) is 6.30. The highest BCUT2D eigenvalue weighted by atomic mass is 16.3. The van der Waals surface area contributed by atoms with Gasteiger partial charge in [-0.25, -0.2) is 0 Å². The molecule has 0 spiro atoms. The van der Waals surface area contributed by atoms with Crippen LogP contribution in [0.1, 0.15) is 41.7 Å². The Morgan fingerprint density at radius 3 is 3.12 bits per heavy atom. The maximum Gasteiger partial charge on any atom is 0.255 e. The van der Waals surface area contributed by atoms with Crippen molar-refractivity contribution in [2.45, 2.75) is 38.6 Å². The molecule has 0 aliphatic carbocycles. The maximum atomic E-state index is 12.3. The van der Waals surface area contributed by atoms with E-state index in [9.17, 15) is 4.79 Å². The second kappa shape index (κ2) is 5.36. The molecule has 94 valence electrons. The van der Waals surface area contributed by atoms with Gasteiger partial charge in [0.2, 0.25) is 0 Å². The molecule has 2 N–H and O–H groups in total. The van der Waals surface area contributed by atoms with Crippen LogP contribution in [0.25, 0.3) is 0 Å². The number of carbonyl (C=O) groups excluding carboxylic acids is 1. The van der Waals surface area contributed by atoms with Gasteiger partial charge < -0.3 is 15.0 Å². The summed E-state index contributed by atoms with van der Waals surface area (Å²) in [7, 11) is 0. The minimum absolute atomic E-state index is 0.129. The van der Waals surface area contributed by atoms with Crippen molar-refractivity contribution in [3.05, 3.63) is 23.5 Å². The molecule has 1 amide bonds. The average Bonchev–Trinajstić information content (AvgIpc) is 2.94. The van der Waals surface area contributed by atoms with Gasteiger partial charge in [0.25, 0.3) is 5.91 Å². The van der Waals surface area contributed by atoms with Gasteiger partial charge in [-0.3, -0.25) is 4.79 Å². The van der Waals surface area contributed by atoms with Crippen LogP contribution in [-0.2, 0) is 0 Å². The smallest absolute Gasteiger partial charge is 0.255 e. The number of hydrogen-bond donors (Lipinski definition) is 2. The number of nitrogens with one attached hydrogen (secondary N) is 1. The number of nitrogens with zero attached hydrogens (tertiary/aromatic N) is 1. The van der Waals surface area contributed by atoms with Crippen LogP contribution in [0, 0.1) is 6.92 Å². The Hall–Kier alpha value is -1.29. The number of aliphatic hydroxyl groups excluding tert-OH is 1. The molecule has 1 atom stereocenters. The van der Waals surface area contributed by atoms with Crippen molar-refractivity contribution >= 4 is 5.91 Å². The number of aryl methyl sites for hydroxylation is 1. The van der Waals surface area contributed by atoms with E-state index in [2.05, 4.69) is 4.98 Å². The second-order valence-electron chi connectivity index (χ2n) is 4.68. The van der Waals surface area contributed by atoms with Gasteiger partial charge in [-0.1, -0.05) is 0 Å². The van der Waals surface area contributed by atoms with E-state index in [1.54, 1.807) is 6.20 Å². The number of carbonyl (C=O) groups is 1. The maximum absolute atomic E-state index is 12.3. The number of hydrogen-bond acceptors (Lipinski definition) is 2. The fourth-order valence-electron chi connectivity index (χ4n) is 2.57. The van der Waals surface area contributed by atoms with Crippen LogP contribution in [0.2, 0.25) is 0 Å². The molecule has 0 radical (unpaired) electrons. The van der Waals surface area contributed by atoms with E-state index in [0.29, 0.717) is 6.04 Å². The van der Waals surface area contributed by atoms with Crippen LogP contribution < -0.4 is 0 Å². The lowest BCUT2D eigenvalue weighted by molar-refractivity contribution is 0.0724. The molecule has 17 heavy (non-hydrogen) atoms. The molecule has 0 bridgehead atoms. The summed E-state index contributed by atoms with van der Waals surface area (Å²) in [4.78, 5) is 17.4. The average molecular weight is 236 g/mol. The first-order chi connectivity index (χ1) is 8.24. The molecule has 1 saturated heterocycles. The van der Waals surface area contributed by atoms with Crippen molar-refractivity contribution in [2.75, 3.05) is 13.2 Å². The normalized spacial score (nSPS) is 19.9. The Morgan fingerprint density at radius 1 is 1.65 bits per heavy atom. The van der Waals surface area contributed by atoms with Crippen LogP contribution in [-0.4, -0.2) is 40.1 Å². The Bertz CT molecular complexity index is 387. The fourth-order valence-corrected chi connectivity index (χ4v) is 2.57. The van der Waals surface area contributed by atoms with Crippen molar-refractivity contribution < 1.29 is 9.90 Å². The molecule has 1 unspecified atom stereocenters. The summed E-state index contributed by atoms with van der Waals surface area (Å²) >= 11 is 0. The number of aromatic nitrogens is 1. The summed E-state index contributed by atoms with van der Waals surface area (Å²) in [6.45, 7) is 2.98.